The molecule has 0 amide bonds. The van der Waals surface area contributed by atoms with E-state index in [-0.39, 0.29) is 0 Å². The third kappa shape index (κ3) is 4.86. The van der Waals surface area contributed by atoms with E-state index in [2.05, 4.69) is 31.9 Å². The van der Waals surface area contributed by atoms with Gasteiger partial charge in [-0.2, -0.15) is 0 Å². The molecule has 1 aliphatic rings. The van der Waals surface area contributed by atoms with Crippen molar-refractivity contribution in [2.24, 2.45) is 0 Å². The van der Waals surface area contributed by atoms with E-state index in [1.165, 1.54) is 51.4 Å². The maximum absolute atomic E-state index is 3.74. The molecule has 1 fully saturated rings. The van der Waals surface area contributed by atoms with E-state index < -0.39 is 0 Å². The first kappa shape index (κ1) is 11.0. The minimum absolute atomic E-state index is 0.750. The highest BCUT2D eigenvalue weighted by Crippen LogP contribution is 2.25. The molecule has 0 aromatic carbocycles. The lowest BCUT2D eigenvalue weighted by Gasteiger charge is -2.16. The third-order valence-corrected chi connectivity index (χ3v) is 4.21. The van der Waals surface area contributed by atoms with Crippen molar-refractivity contribution in [2.75, 3.05) is 0 Å². The molecule has 1 aliphatic carbocycles. The van der Waals surface area contributed by atoms with Crippen molar-refractivity contribution in [2.45, 2.75) is 61.0 Å². The van der Waals surface area contributed by atoms with Crippen LogP contribution in [-0.4, -0.2) is 9.65 Å². The zero-order chi connectivity index (χ0) is 8.81. The van der Waals surface area contributed by atoms with Crippen LogP contribution in [0.25, 0.3) is 0 Å². The smallest absolute Gasteiger partial charge is 0.0156 e. The fourth-order valence-electron chi connectivity index (χ4n) is 1.78. The first-order chi connectivity index (χ1) is 5.79. The molecular formula is C10H18Br2. The summed E-state index contributed by atoms with van der Waals surface area (Å²) in [5.41, 5.74) is 0. The van der Waals surface area contributed by atoms with Gasteiger partial charge in [-0.15, -0.1) is 0 Å². The predicted octanol–water partition coefficient (Wildman–Crippen LogP) is 4.65. The summed E-state index contributed by atoms with van der Waals surface area (Å²) in [6, 6.07) is 0. The second-order valence-electron chi connectivity index (χ2n) is 3.78. The van der Waals surface area contributed by atoms with Crippen molar-refractivity contribution in [3.8, 4) is 0 Å². The van der Waals surface area contributed by atoms with Crippen molar-refractivity contribution < 1.29 is 0 Å². The van der Waals surface area contributed by atoms with Gasteiger partial charge in [-0.05, 0) is 19.3 Å². The molecule has 0 radical (unpaired) electrons. The van der Waals surface area contributed by atoms with Gasteiger partial charge in [0.05, 0.1) is 0 Å². The fraction of sp³-hybridized carbons (Fsp3) is 1.00. The summed E-state index contributed by atoms with van der Waals surface area (Å²) in [5, 5.41) is 0. The summed E-state index contributed by atoms with van der Waals surface area (Å²) in [6.45, 7) is 0. The van der Waals surface area contributed by atoms with E-state index in [1.807, 2.05) is 0 Å². The lowest BCUT2D eigenvalue weighted by molar-refractivity contribution is 0.524. The van der Waals surface area contributed by atoms with Crippen LogP contribution in [0.15, 0.2) is 0 Å². The molecule has 2 heteroatoms. The summed E-state index contributed by atoms with van der Waals surface area (Å²) in [5.74, 6) is 0. The lowest BCUT2D eigenvalue weighted by Crippen LogP contribution is -2.09. The maximum Gasteiger partial charge on any atom is 0.0156 e. The fourth-order valence-corrected chi connectivity index (χ4v) is 3.83. The zero-order valence-electron chi connectivity index (χ0n) is 7.57. The van der Waals surface area contributed by atoms with Crippen LogP contribution in [0.5, 0.6) is 0 Å². The Morgan fingerprint density at radius 1 is 0.667 bits per heavy atom. The molecule has 12 heavy (non-hydrogen) atoms. The minimum atomic E-state index is 0.750. The van der Waals surface area contributed by atoms with Crippen LogP contribution in [0.2, 0.25) is 0 Å². The van der Waals surface area contributed by atoms with Gasteiger partial charge in [0, 0.05) is 9.65 Å². The molecule has 0 aromatic heterocycles. The van der Waals surface area contributed by atoms with Crippen LogP contribution in [-0.2, 0) is 0 Å². The topological polar surface area (TPSA) is 0 Å². The van der Waals surface area contributed by atoms with Crippen LogP contribution in [0.3, 0.4) is 0 Å². The van der Waals surface area contributed by atoms with Gasteiger partial charge < -0.3 is 0 Å². The lowest BCUT2D eigenvalue weighted by atomic mass is 10.0. The van der Waals surface area contributed by atoms with Crippen LogP contribution < -0.4 is 0 Å². The predicted molar refractivity (Wildman–Crippen MR) is 62.4 cm³/mol. The summed E-state index contributed by atoms with van der Waals surface area (Å²) in [7, 11) is 0. The number of rotatable bonds is 0. The molecule has 0 saturated heterocycles. The van der Waals surface area contributed by atoms with Crippen molar-refractivity contribution >= 4 is 31.9 Å². The van der Waals surface area contributed by atoms with Gasteiger partial charge in [0.25, 0.3) is 0 Å². The van der Waals surface area contributed by atoms with Crippen LogP contribution in [0.1, 0.15) is 51.4 Å². The first-order valence-corrected chi connectivity index (χ1v) is 6.90. The van der Waals surface area contributed by atoms with Gasteiger partial charge >= 0.3 is 0 Å². The number of hydrogen-bond donors (Lipinski definition) is 0. The van der Waals surface area contributed by atoms with E-state index in [0.29, 0.717) is 0 Å². The Hall–Kier alpha value is 0.960. The Bertz CT molecular complexity index is 102. The van der Waals surface area contributed by atoms with E-state index in [9.17, 15) is 0 Å². The molecule has 0 bridgehead atoms. The molecular weight excluding hydrogens is 280 g/mol. The van der Waals surface area contributed by atoms with E-state index >= 15 is 0 Å². The summed E-state index contributed by atoms with van der Waals surface area (Å²) in [6.07, 6.45) is 11.2. The molecule has 0 heterocycles. The van der Waals surface area contributed by atoms with Gasteiger partial charge in [0.1, 0.15) is 0 Å². The Kier molecular flexibility index (Phi) is 5.90. The van der Waals surface area contributed by atoms with Gasteiger partial charge in [0.15, 0.2) is 0 Å². The van der Waals surface area contributed by atoms with Crippen molar-refractivity contribution in [1.29, 1.82) is 0 Å². The molecule has 72 valence electrons. The Balaban J connectivity index is 2.24. The molecule has 0 N–H and O–H groups in total. The average molecular weight is 298 g/mol. The van der Waals surface area contributed by atoms with Crippen LogP contribution in [0.4, 0.5) is 0 Å². The highest BCUT2D eigenvalue weighted by Gasteiger charge is 2.12. The monoisotopic (exact) mass is 296 g/mol. The highest BCUT2D eigenvalue weighted by molar-refractivity contribution is 9.10. The highest BCUT2D eigenvalue weighted by atomic mass is 79.9. The molecule has 2 atom stereocenters. The Morgan fingerprint density at radius 2 is 1.08 bits per heavy atom. The minimum Gasteiger partial charge on any atom is -0.0890 e. The van der Waals surface area contributed by atoms with Crippen LogP contribution in [0, 0.1) is 0 Å². The van der Waals surface area contributed by atoms with E-state index in [4.69, 9.17) is 0 Å². The van der Waals surface area contributed by atoms with E-state index in [0.717, 1.165) is 9.65 Å². The number of hydrogen-bond acceptors (Lipinski definition) is 0. The molecule has 1 rings (SSSR count). The molecule has 0 aromatic rings. The second-order valence-corrected chi connectivity index (χ2v) is 6.37. The second kappa shape index (κ2) is 6.42. The first-order valence-electron chi connectivity index (χ1n) is 5.07. The average Bonchev–Trinajstić information content (AvgIpc) is 2.02. The van der Waals surface area contributed by atoms with Crippen molar-refractivity contribution in [3.63, 3.8) is 0 Å². The number of alkyl halides is 2. The molecule has 1 saturated carbocycles. The Labute approximate surface area is 92.8 Å². The quantitative estimate of drug-likeness (QED) is 0.571. The van der Waals surface area contributed by atoms with Gasteiger partial charge in [-0.3, -0.25) is 0 Å². The van der Waals surface area contributed by atoms with Gasteiger partial charge in [0.2, 0.25) is 0 Å². The molecule has 0 spiro atoms. The van der Waals surface area contributed by atoms with Gasteiger partial charge in [-0.1, -0.05) is 64.0 Å². The van der Waals surface area contributed by atoms with Gasteiger partial charge in [-0.25, -0.2) is 0 Å². The molecule has 0 nitrogen and oxygen atoms in total. The SMILES string of the molecule is BrC1CCCCCCCC(Br)C1. The maximum atomic E-state index is 3.74. The van der Waals surface area contributed by atoms with Crippen molar-refractivity contribution in [3.05, 3.63) is 0 Å². The Morgan fingerprint density at radius 3 is 1.58 bits per heavy atom. The summed E-state index contributed by atoms with van der Waals surface area (Å²) >= 11 is 7.49. The van der Waals surface area contributed by atoms with E-state index in [1.54, 1.807) is 0 Å². The van der Waals surface area contributed by atoms with Crippen LogP contribution >= 0.6 is 31.9 Å². The molecule has 2 unspecified atom stereocenters. The zero-order valence-corrected chi connectivity index (χ0v) is 10.7. The summed E-state index contributed by atoms with van der Waals surface area (Å²) < 4.78 is 0. The number of halogens is 2. The third-order valence-electron chi connectivity index (χ3n) is 2.55. The van der Waals surface area contributed by atoms with Crippen molar-refractivity contribution in [1.82, 2.24) is 0 Å². The normalized spacial score (nSPS) is 34.5. The largest absolute Gasteiger partial charge is 0.0890 e. The molecule has 0 aliphatic heterocycles. The summed E-state index contributed by atoms with van der Waals surface area (Å²) in [4.78, 5) is 1.50. The standard InChI is InChI=1S/C10H18Br2/c11-9-6-4-2-1-3-5-7-10(12)8-9/h9-10H,1-8H2.